The van der Waals surface area contributed by atoms with Crippen LogP contribution < -0.4 is 15.0 Å². The van der Waals surface area contributed by atoms with Gasteiger partial charge in [0.1, 0.15) is 5.75 Å². The molecule has 0 atom stereocenters. The van der Waals surface area contributed by atoms with Crippen molar-refractivity contribution in [1.29, 1.82) is 0 Å². The van der Waals surface area contributed by atoms with Crippen molar-refractivity contribution in [2.75, 3.05) is 23.3 Å². The van der Waals surface area contributed by atoms with Crippen molar-refractivity contribution < 1.29 is 18.3 Å². The van der Waals surface area contributed by atoms with E-state index in [4.69, 9.17) is 0 Å². The van der Waals surface area contributed by atoms with Crippen LogP contribution in [-0.4, -0.2) is 25.6 Å². The van der Waals surface area contributed by atoms with E-state index in [1.54, 1.807) is 0 Å². The van der Waals surface area contributed by atoms with Gasteiger partial charge in [-0.3, -0.25) is 4.79 Å². The Bertz CT molecular complexity index is 681. The molecule has 1 amide bonds. The normalized spacial score (nSPS) is 14.0. The Labute approximate surface area is 139 Å². The number of alkyl halides is 2. The van der Waals surface area contributed by atoms with Gasteiger partial charge in [0.05, 0.1) is 0 Å². The predicted molar refractivity (Wildman–Crippen MR) is 88.9 cm³/mol. The number of amides is 1. The number of carbonyl (C=O) groups is 1. The molecule has 0 bridgehead atoms. The number of ether oxygens (including phenoxy) is 1. The quantitative estimate of drug-likeness (QED) is 0.895. The summed E-state index contributed by atoms with van der Waals surface area (Å²) in [6.45, 7) is -0.740. The van der Waals surface area contributed by atoms with Gasteiger partial charge < -0.3 is 15.0 Å². The highest BCUT2D eigenvalue weighted by molar-refractivity contribution is 6.04. The van der Waals surface area contributed by atoms with Gasteiger partial charge in [0.15, 0.2) is 0 Å². The molecule has 0 unspecified atom stereocenters. The second-order valence-electron chi connectivity index (χ2n) is 5.60. The van der Waals surface area contributed by atoms with Crippen LogP contribution in [-0.2, 0) is 0 Å². The lowest BCUT2D eigenvalue weighted by Gasteiger charge is -2.17. The topological polar surface area (TPSA) is 41.6 Å². The summed E-state index contributed by atoms with van der Waals surface area (Å²) in [7, 11) is 0. The van der Waals surface area contributed by atoms with Crippen molar-refractivity contribution in [3.05, 3.63) is 54.1 Å². The van der Waals surface area contributed by atoms with Gasteiger partial charge >= 0.3 is 6.61 Å². The molecule has 0 spiro atoms. The lowest BCUT2D eigenvalue weighted by Crippen LogP contribution is -2.17. The first-order valence-electron chi connectivity index (χ1n) is 7.83. The van der Waals surface area contributed by atoms with Gasteiger partial charge in [-0.1, -0.05) is 0 Å². The Morgan fingerprint density at radius 3 is 2.21 bits per heavy atom. The number of carbonyl (C=O) groups excluding carboxylic acids is 1. The average molecular weight is 332 g/mol. The van der Waals surface area contributed by atoms with Crippen molar-refractivity contribution in [2.24, 2.45) is 0 Å². The molecule has 0 aromatic heterocycles. The highest BCUT2D eigenvalue weighted by atomic mass is 19.3. The lowest BCUT2D eigenvalue weighted by molar-refractivity contribution is -0.0498. The van der Waals surface area contributed by atoms with Crippen LogP contribution in [0.1, 0.15) is 23.2 Å². The Morgan fingerprint density at radius 1 is 1.00 bits per heavy atom. The van der Waals surface area contributed by atoms with Gasteiger partial charge in [-0.2, -0.15) is 8.78 Å². The second kappa shape index (κ2) is 7.29. The molecule has 0 radical (unpaired) electrons. The van der Waals surface area contributed by atoms with Crippen LogP contribution in [0.4, 0.5) is 20.2 Å². The minimum Gasteiger partial charge on any atom is -0.435 e. The van der Waals surface area contributed by atoms with E-state index >= 15 is 0 Å². The number of nitrogens with zero attached hydrogens (tertiary/aromatic N) is 1. The van der Waals surface area contributed by atoms with E-state index in [-0.39, 0.29) is 11.7 Å². The molecule has 2 aromatic carbocycles. The fraction of sp³-hybridized carbons (Fsp3) is 0.278. The summed E-state index contributed by atoms with van der Waals surface area (Å²) in [5.74, 6) is -0.274. The molecule has 4 nitrogen and oxygen atoms in total. The third-order valence-electron chi connectivity index (χ3n) is 3.94. The molecule has 1 heterocycles. The number of halogens is 2. The van der Waals surface area contributed by atoms with E-state index in [0.29, 0.717) is 11.3 Å². The first-order valence-corrected chi connectivity index (χ1v) is 7.83. The summed E-state index contributed by atoms with van der Waals surface area (Å²) in [4.78, 5) is 14.5. The highest BCUT2D eigenvalue weighted by Crippen LogP contribution is 2.22. The molecule has 1 N–H and O–H groups in total. The number of benzene rings is 2. The van der Waals surface area contributed by atoms with Crippen molar-refractivity contribution >= 4 is 17.3 Å². The standard InChI is InChI=1S/C18H18F2N2O2/c19-18(20)24-16-9-3-13(4-10-16)17(23)21-14-5-7-15(8-6-14)22-11-1-2-12-22/h3-10,18H,1-2,11-12H2,(H,21,23). The summed E-state index contributed by atoms with van der Waals surface area (Å²) in [5.41, 5.74) is 2.22. The van der Waals surface area contributed by atoms with Crippen molar-refractivity contribution in [1.82, 2.24) is 0 Å². The molecular weight excluding hydrogens is 314 g/mol. The highest BCUT2D eigenvalue weighted by Gasteiger charge is 2.12. The summed E-state index contributed by atoms with van der Waals surface area (Å²) >= 11 is 0. The van der Waals surface area contributed by atoms with Crippen molar-refractivity contribution in [3.8, 4) is 5.75 Å². The molecule has 1 fully saturated rings. The third-order valence-corrected chi connectivity index (χ3v) is 3.94. The van der Waals surface area contributed by atoms with E-state index in [1.807, 2.05) is 24.3 Å². The van der Waals surface area contributed by atoms with E-state index in [9.17, 15) is 13.6 Å². The van der Waals surface area contributed by atoms with E-state index in [1.165, 1.54) is 37.1 Å². The van der Waals surface area contributed by atoms with Gasteiger partial charge in [-0.05, 0) is 61.4 Å². The van der Waals surface area contributed by atoms with Crippen LogP contribution in [0.2, 0.25) is 0 Å². The van der Waals surface area contributed by atoms with Gasteiger partial charge in [-0.25, -0.2) is 0 Å². The summed E-state index contributed by atoms with van der Waals surface area (Å²) in [6.07, 6.45) is 2.42. The maximum absolute atomic E-state index is 12.2. The van der Waals surface area contributed by atoms with E-state index < -0.39 is 6.61 Å². The van der Waals surface area contributed by atoms with Crippen molar-refractivity contribution in [3.63, 3.8) is 0 Å². The van der Waals surface area contributed by atoms with Gasteiger partial charge in [0, 0.05) is 30.0 Å². The summed E-state index contributed by atoms with van der Waals surface area (Å²) in [5, 5.41) is 2.79. The predicted octanol–water partition coefficient (Wildman–Crippen LogP) is 4.14. The smallest absolute Gasteiger partial charge is 0.387 e. The summed E-state index contributed by atoms with van der Waals surface area (Å²) in [6, 6.07) is 13.3. The van der Waals surface area contributed by atoms with Crippen LogP contribution in [0.3, 0.4) is 0 Å². The first kappa shape index (κ1) is 16.2. The first-order chi connectivity index (χ1) is 11.6. The Morgan fingerprint density at radius 2 is 1.62 bits per heavy atom. The van der Waals surface area contributed by atoms with Crippen LogP contribution in [0.5, 0.6) is 5.75 Å². The number of anilines is 2. The molecule has 1 saturated heterocycles. The maximum Gasteiger partial charge on any atom is 0.387 e. The Balaban J connectivity index is 1.61. The van der Waals surface area contributed by atoms with Gasteiger partial charge in [0.25, 0.3) is 5.91 Å². The molecule has 2 aromatic rings. The number of hydrogen-bond donors (Lipinski definition) is 1. The minimum atomic E-state index is -2.88. The molecule has 6 heteroatoms. The SMILES string of the molecule is O=C(Nc1ccc(N2CCCC2)cc1)c1ccc(OC(F)F)cc1. The summed E-state index contributed by atoms with van der Waals surface area (Å²) < 4.78 is 28.5. The fourth-order valence-corrected chi connectivity index (χ4v) is 2.72. The zero-order valence-corrected chi connectivity index (χ0v) is 13.0. The molecular formula is C18H18F2N2O2. The molecule has 1 aliphatic heterocycles. The zero-order valence-electron chi connectivity index (χ0n) is 13.0. The number of hydrogen-bond acceptors (Lipinski definition) is 3. The average Bonchev–Trinajstić information content (AvgIpc) is 3.10. The zero-order chi connectivity index (χ0) is 16.9. The molecule has 0 saturated carbocycles. The number of nitrogens with one attached hydrogen (secondary N) is 1. The number of rotatable bonds is 5. The minimum absolute atomic E-state index is 0.0246. The lowest BCUT2D eigenvalue weighted by atomic mass is 10.2. The third kappa shape index (κ3) is 4.01. The molecule has 3 rings (SSSR count). The molecule has 0 aliphatic carbocycles. The van der Waals surface area contributed by atoms with E-state index in [0.717, 1.165) is 18.8 Å². The second-order valence-corrected chi connectivity index (χ2v) is 5.60. The van der Waals surface area contributed by atoms with Crippen molar-refractivity contribution in [2.45, 2.75) is 19.5 Å². The van der Waals surface area contributed by atoms with Crippen LogP contribution in [0.15, 0.2) is 48.5 Å². The van der Waals surface area contributed by atoms with Crippen LogP contribution >= 0.6 is 0 Å². The molecule has 24 heavy (non-hydrogen) atoms. The fourth-order valence-electron chi connectivity index (χ4n) is 2.72. The maximum atomic E-state index is 12.2. The molecule has 126 valence electrons. The Hall–Kier alpha value is -2.63. The largest absolute Gasteiger partial charge is 0.435 e. The van der Waals surface area contributed by atoms with Gasteiger partial charge in [-0.15, -0.1) is 0 Å². The van der Waals surface area contributed by atoms with Crippen LogP contribution in [0.25, 0.3) is 0 Å². The Kier molecular flexibility index (Phi) is 4.93. The van der Waals surface area contributed by atoms with E-state index in [2.05, 4.69) is 15.0 Å². The van der Waals surface area contributed by atoms with Gasteiger partial charge in [0.2, 0.25) is 0 Å². The van der Waals surface area contributed by atoms with Crippen LogP contribution in [0, 0.1) is 0 Å². The monoisotopic (exact) mass is 332 g/mol. The molecule has 1 aliphatic rings.